The Labute approximate surface area is 206 Å². The molecule has 10 heteroatoms. The van der Waals surface area contributed by atoms with Crippen molar-refractivity contribution in [2.45, 2.75) is 56.9 Å². The molecule has 2 aliphatic heterocycles. The van der Waals surface area contributed by atoms with E-state index < -0.39 is 15.8 Å². The first-order chi connectivity index (χ1) is 16.7. The van der Waals surface area contributed by atoms with Gasteiger partial charge in [0.25, 0.3) is 5.91 Å². The second kappa shape index (κ2) is 10.5. The Morgan fingerprint density at radius 1 is 1.20 bits per heavy atom. The molecule has 2 aromatic rings. The van der Waals surface area contributed by atoms with E-state index in [1.807, 2.05) is 11.6 Å². The molecule has 0 radical (unpaired) electrons. The van der Waals surface area contributed by atoms with Crippen molar-refractivity contribution in [1.82, 2.24) is 15.1 Å². The maximum atomic E-state index is 12.9. The Morgan fingerprint density at radius 2 is 1.91 bits per heavy atom. The standard InChI is InChI=1S/C25H33N3O6S/c1-3-20-22-21(16-25(17-26-23(22)29)10-14-33-15-11-25)28(27-20)12-4-5-13-34-24(30)18-6-8-19(9-7-18)35(2,31)32/h6-9H,3-5,10-17H2,1-2H3,(H,26,29). The number of aromatic nitrogens is 2. The lowest BCUT2D eigenvalue weighted by atomic mass is 9.76. The number of nitrogens with one attached hydrogen (secondary N) is 1. The summed E-state index contributed by atoms with van der Waals surface area (Å²) in [6, 6.07) is 5.73. The van der Waals surface area contributed by atoms with Gasteiger partial charge in [0.05, 0.1) is 34.0 Å². The van der Waals surface area contributed by atoms with Crippen LogP contribution in [0.1, 0.15) is 64.7 Å². The maximum absolute atomic E-state index is 12.9. The lowest BCUT2D eigenvalue weighted by Gasteiger charge is -2.36. The zero-order valence-corrected chi connectivity index (χ0v) is 21.2. The highest BCUT2D eigenvalue weighted by atomic mass is 32.2. The summed E-state index contributed by atoms with van der Waals surface area (Å²) in [7, 11) is -3.31. The number of sulfone groups is 1. The van der Waals surface area contributed by atoms with Crippen LogP contribution in [0.5, 0.6) is 0 Å². The van der Waals surface area contributed by atoms with E-state index in [-0.39, 0.29) is 22.8 Å². The van der Waals surface area contributed by atoms with E-state index in [1.165, 1.54) is 24.3 Å². The lowest BCUT2D eigenvalue weighted by molar-refractivity contribution is 0.0152. The Bertz CT molecular complexity index is 1180. The van der Waals surface area contributed by atoms with Gasteiger partial charge >= 0.3 is 5.97 Å². The Kier molecular flexibility index (Phi) is 7.61. The van der Waals surface area contributed by atoms with E-state index in [4.69, 9.17) is 14.6 Å². The molecule has 4 rings (SSSR count). The molecule has 3 heterocycles. The van der Waals surface area contributed by atoms with Crippen LogP contribution < -0.4 is 5.32 Å². The third kappa shape index (κ3) is 5.75. The molecule has 1 aromatic heterocycles. The summed E-state index contributed by atoms with van der Waals surface area (Å²) in [6.45, 7) is 4.98. The SMILES string of the molecule is CCc1nn(CCCCOC(=O)c2ccc(S(C)(=O)=O)cc2)c2c1C(=O)NCC1(CCOCC1)C2. The summed E-state index contributed by atoms with van der Waals surface area (Å²) >= 11 is 0. The minimum Gasteiger partial charge on any atom is -0.462 e. The first-order valence-corrected chi connectivity index (χ1v) is 14.0. The van der Waals surface area contributed by atoms with Crippen molar-refractivity contribution in [1.29, 1.82) is 0 Å². The normalized spacial score (nSPS) is 17.5. The van der Waals surface area contributed by atoms with E-state index >= 15 is 0 Å². The van der Waals surface area contributed by atoms with Gasteiger partial charge in [-0.2, -0.15) is 5.10 Å². The Morgan fingerprint density at radius 3 is 2.57 bits per heavy atom. The highest BCUT2D eigenvalue weighted by molar-refractivity contribution is 7.90. The second-order valence-corrected chi connectivity index (χ2v) is 11.5. The molecule has 1 spiro atoms. The summed E-state index contributed by atoms with van der Waals surface area (Å²) in [5.41, 5.74) is 2.87. The number of carbonyl (C=O) groups excluding carboxylic acids is 2. The van der Waals surface area contributed by atoms with Gasteiger partial charge < -0.3 is 14.8 Å². The fraction of sp³-hybridized carbons (Fsp3) is 0.560. The number of unbranched alkanes of at least 4 members (excludes halogenated alkanes) is 1. The highest BCUT2D eigenvalue weighted by Crippen LogP contribution is 2.37. The maximum Gasteiger partial charge on any atom is 0.338 e. The third-order valence-electron chi connectivity index (χ3n) is 6.93. The molecule has 0 bridgehead atoms. The predicted molar refractivity (Wildman–Crippen MR) is 129 cm³/mol. The molecule has 1 saturated heterocycles. The van der Waals surface area contributed by atoms with Gasteiger partial charge in [-0.1, -0.05) is 6.92 Å². The summed E-state index contributed by atoms with van der Waals surface area (Å²) in [4.78, 5) is 25.3. The first kappa shape index (κ1) is 25.4. The Balaban J connectivity index is 1.35. The van der Waals surface area contributed by atoms with Gasteiger partial charge in [0.2, 0.25) is 0 Å². The van der Waals surface area contributed by atoms with Crippen LogP contribution in [0.2, 0.25) is 0 Å². The van der Waals surface area contributed by atoms with Crippen LogP contribution in [0.4, 0.5) is 0 Å². The zero-order chi connectivity index (χ0) is 25.1. The molecule has 9 nitrogen and oxygen atoms in total. The third-order valence-corrected chi connectivity index (χ3v) is 8.06. The molecule has 0 saturated carbocycles. The minimum absolute atomic E-state index is 0.00411. The van der Waals surface area contributed by atoms with E-state index in [9.17, 15) is 18.0 Å². The largest absolute Gasteiger partial charge is 0.462 e. The van der Waals surface area contributed by atoms with Gasteiger partial charge in [-0.3, -0.25) is 9.48 Å². The number of amides is 1. The number of nitrogens with zero attached hydrogens (tertiary/aromatic N) is 2. The fourth-order valence-corrected chi connectivity index (χ4v) is 5.44. The summed E-state index contributed by atoms with van der Waals surface area (Å²) in [5.74, 6) is -0.522. The number of esters is 1. The minimum atomic E-state index is -3.31. The quantitative estimate of drug-likeness (QED) is 0.435. The average molecular weight is 504 g/mol. The Hall–Kier alpha value is -2.72. The van der Waals surface area contributed by atoms with Crippen LogP contribution in [0, 0.1) is 5.41 Å². The van der Waals surface area contributed by atoms with Crippen molar-refractivity contribution in [2.24, 2.45) is 5.41 Å². The predicted octanol–water partition coefficient (Wildman–Crippen LogP) is 2.57. The fourth-order valence-electron chi connectivity index (χ4n) is 4.81. The number of hydrogen-bond acceptors (Lipinski definition) is 7. The van der Waals surface area contributed by atoms with Crippen molar-refractivity contribution in [3.63, 3.8) is 0 Å². The molecular formula is C25H33N3O6S. The molecule has 0 aliphatic carbocycles. The van der Waals surface area contributed by atoms with Crippen LogP contribution in [0.25, 0.3) is 0 Å². The molecule has 1 fully saturated rings. The van der Waals surface area contributed by atoms with E-state index in [0.717, 1.165) is 48.9 Å². The average Bonchev–Trinajstić information content (AvgIpc) is 3.12. The zero-order valence-electron chi connectivity index (χ0n) is 20.3. The molecule has 1 aromatic carbocycles. The topological polar surface area (TPSA) is 117 Å². The molecular weight excluding hydrogens is 470 g/mol. The van der Waals surface area contributed by atoms with Crippen molar-refractivity contribution < 1.29 is 27.5 Å². The number of rotatable bonds is 8. The van der Waals surface area contributed by atoms with E-state index in [2.05, 4.69) is 5.32 Å². The number of fused-ring (bicyclic) bond motifs is 1. The van der Waals surface area contributed by atoms with E-state index in [1.54, 1.807) is 0 Å². The molecule has 1 amide bonds. The molecule has 35 heavy (non-hydrogen) atoms. The van der Waals surface area contributed by atoms with Gasteiger partial charge in [-0.05, 0) is 68.2 Å². The first-order valence-electron chi connectivity index (χ1n) is 12.1. The van der Waals surface area contributed by atoms with Crippen molar-refractivity contribution >= 4 is 21.7 Å². The smallest absolute Gasteiger partial charge is 0.338 e. The second-order valence-electron chi connectivity index (χ2n) is 9.46. The van der Waals surface area contributed by atoms with E-state index in [0.29, 0.717) is 44.7 Å². The molecule has 190 valence electrons. The monoisotopic (exact) mass is 503 g/mol. The molecule has 0 unspecified atom stereocenters. The van der Waals surface area contributed by atoms with Gasteiger partial charge in [-0.25, -0.2) is 13.2 Å². The number of aryl methyl sites for hydroxylation is 2. The van der Waals surface area contributed by atoms with Gasteiger partial charge in [-0.15, -0.1) is 0 Å². The number of carbonyl (C=O) groups is 2. The number of hydrogen-bond donors (Lipinski definition) is 1. The van der Waals surface area contributed by atoms with Crippen LogP contribution in [-0.2, 0) is 38.7 Å². The van der Waals surface area contributed by atoms with Gasteiger partial charge in [0.1, 0.15) is 0 Å². The lowest BCUT2D eigenvalue weighted by Crippen LogP contribution is -2.40. The molecule has 1 N–H and O–H groups in total. The van der Waals surface area contributed by atoms with Crippen LogP contribution in [0.15, 0.2) is 29.2 Å². The molecule has 2 aliphatic rings. The summed E-state index contributed by atoms with van der Waals surface area (Å²) < 4.78 is 36.0. The van der Waals surface area contributed by atoms with Crippen LogP contribution >= 0.6 is 0 Å². The summed E-state index contributed by atoms with van der Waals surface area (Å²) in [5, 5.41) is 7.88. The van der Waals surface area contributed by atoms with Crippen molar-refractivity contribution in [3.05, 3.63) is 46.8 Å². The molecule has 0 atom stereocenters. The highest BCUT2D eigenvalue weighted by Gasteiger charge is 2.39. The number of benzene rings is 1. The van der Waals surface area contributed by atoms with Crippen molar-refractivity contribution in [2.75, 3.05) is 32.6 Å². The van der Waals surface area contributed by atoms with Gasteiger partial charge in [0.15, 0.2) is 9.84 Å². The van der Waals surface area contributed by atoms with Crippen LogP contribution in [-0.4, -0.2) is 62.7 Å². The van der Waals surface area contributed by atoms with Gasteiger partial charge in [0, 0.05) is 32.6 Å². The summed E-state index contributed by atoms with van der Waals surface area (Å²) in [6.07, 6.45) is 5.84. The van der Waals surface area contributed by atoms with Crippen LogP contribution in [0.3, 0.4) is 0 Å². The van der Waals surface area contributed by atoms with Crippen molar-refractivity contribution in [3.8, 4) is 0 Å². The number of ether oxygens (including phenoxy) is 2.